The average molecular weight is 481 g/mol. The van der Waals surface area contributed by atoms with Gasteiger partial charge in [-0.25, -0.2) is 4.39 Å². The first-order valence-corrected chi connectivity index (χ1v) is 10.6. The van der Waals surface area contributed by atoms with E-state index in [1.165, 1.54) is 12.1 Å². The van der Waals surface area contributed by atoms with Gasteiger partial charge >= 0.3 is 6.18 Å². The molecule has 2 amide bonds. The highest BCUT2D eigenvalue weighted by Gasteiger charge is 2.39. The zero-order valence-electron chi connectivity index (χ0n) is 17.6. The predicted octanol–water partition coefficient (Wildman–Crippen LogP) is 4.68. The van der Waals surface area contributed by atoms with Gasteiger partial charge in [0.05, 0.1) is 22.4 Å². The molecule has 6 nitrogen and oxygen atoms in total. The Morgan fingerprint density at radius 1 is 1.15 bits per heavy atom. The highest BCUT2D eigenvalue weighted by atomic mass is 32.2. The maximum atomic E-state index is 14.6. The molecule has 174 valence electrons. The van der Waals surface area contributed by atoms with Gasteiger partial charge in [0, 0.05) is 13.1 Å². The second-order valence-electron chi connectivity index (χ2n) is 7.56. The van der Waals surface area contributed by atoms with Crippen molar-refractivity contribution in [1.82, 2.24) is 9.80 Å². The highest BCUT2D eigenvalue weighted by Crippen LogP contribution is 2.39. The third-order valence-corrected chi connectivity index (χ3v) is 5.90. The summed E-state index contributed by atoms with van der Waals surface area (Å²) in [5.41, 5.74) is -1.02. The Kier molecular flexibility index (Phi) is 7.29. The van der Waals surface area contributed by atoms with Gasteiger partial charge in [0.1, 0.15) is 5.75 Å². The lowest BCUT2D eigenvalue weighted by molar-refractivity contribution is -0.138. The summed E-state index contributed by atoms with van der Waals surface area (Å²) in [6, 6.07) is 7.99. The minimum atomic E-state index is -4.80. The zero-order valence-corrected chi connectivity index (χ0v) is 18.5. The molecule has 1 unspecified atom stereocenters. The number of halogens is 4. The number of nitrogens with zero attached hydrogens (tertiary/aromatic N) is 3. The summed E-state index contributed by atoms with van der Waals surface area (Å²) in [5.74, 6) is -2.36. The van der Waals surface area contributed by atoms with Crippen LogP contribution in [0.15, 0.2) is 36.4 Å². The lowest BCUT2D eigenvalue weighted by Crippen LogP contribution is -2.37. The van der Waals surface area contributed by atoms with Gasteiger partial charge in [-0.1, -0.05) is 17.8 Å². The minimum absolute atomic E-state index is 0.0789. The summed E-state index contributed by atoms with van der Waals surface area (Å²) >= 11 is 0.863. The fourth-order valence-corrected chi connectivity index (χ4v) is 4.18. The smallest absolute Gasteiger partial charge is 0.420 e. The number of hydrogen-bond donors (Lipinski definition) is 0. The molecule has 1 fully saturated rings. The molecule has 2 aromatic carbocycles. The predicted molar refractivity (Wildman–Crippen MR) is 113 cm³/mol. The van der Waals surface area contributed by atoms with E-state index in [0.29, 0.717) is 18.2 Å². The van der Waals surface area contributed by atoms with Gasteiger partial charge in [-0.3, -0.25) is 14.5 Å². The number of alkyl halides is 3. The second kappa shape index (κ2) is 9.80. The van der Waals surface area contributed by atoms with Crippen LogP contribution in [0.5, 0.6) is 11.5 Å². The molecule has 0 radical (unpaired) electrons. The Labute approximate surface area is 191 Å². The van der Waals surface area contributed by atoms with E-state index in [1.807, 2.05) is 19.0 Å². The van der Waals surface area contributed by atoms with Crippen molar-refractivity contribution in [2.75, 3.05) is 27.2 Å². The van der Waals surface area contributed by atoms with Gasteiger partial charge < -0.3 is 9.64 Å². The van der Waals surface area contributed by atoms with E-state index in [1.54, 1.807) is 6.07 Å². The molecule has 33 heavy (non-hydrogen) atoms. The Morgan fingerprint density at radius 3 is 2.45 bits per heavy atom. The largest absolute Gasteiger partial charge is 0.454 e. The van der Waals surface area contributed by atoms with Crippen LogP contribution < -0.4 is 4.74 Å². The van der Waals surface area contributed by atoms with Gasteiger partial charge in [-0.05, 0) is 56.4 Å². The summed E-state index contributed by atoms with van der Waals surface area (Å²) in [4.78, 5) is 27.6. The number of carbonyl (C=O) groups is 2. The van der Waals surface area contributed by atoms with Gasteiger partial charge in [-0.15, -0.1) is 0 Å². The molecule has 0 aliphatic carbocycles. The average Bonchev–Trinajstić information content (AvgIpc) is 3.00. The third-order valence-electron chi connectivity index (χ3n) is 4.83. The number of likely N-dealkylation sites (N-methyl/N-ethyl adjacent to an activating group) is 1. The molecular weight excluding hydrogens is 462 g/mol. The number of benzene rings is 2. The summed E-state index contributed by atoms with van der Waals surface area (Å²) in [6.07, 6.45) is -4.72. The molecule has 0 N–H and O–H groups in total. The van der Waals surface area contributed by atoms with Crippen molar-refractivity contribution in [3.63, 3.8) is 0 Å². The van der Waals surface area contributed by atoms with Crippen LogP contribution in [-0.2, 0) is 17.4 Å². The number of thioether (sulfide) groups is 1. The number of imide groups is 1. The quantitative estimate of drug-likeness (QED) is 0.535. The molecule has 1 atom stereocenters. The van der Waals surface area contributed by atoms with E-state index < -0.39 is 34.3 Å². The first-order chi connectivity index (χ1) is 15.5. The molecule has 1 aliphatic rings. The molecule has 1 saturated heterocycles. The van der Waals surface area contributed by atoms with Crippen molar-refractivity contribution in [3.8, 4) is 17.6 Å². The van der Waals surface area contributed by atoms with Crippen LogP contribution in [0.2, 0.25) is 0 Å². The molecule has 3 rings (SSSR count). The van der Waals surface area contributed by atoms with Crippen LogP contribution in [0.4, 0.5) is 22.4 Å². The van der Waals surface area contributed by atoms with Gasteiger partial charge in [0.15, 0.2) is 11.6 Å². The molecule has 1 heterocycles. The lowest BCUT2D eigenvalue weighted by Gasteiger charge is -2.17. The standard InChI is InChI=1S/C22H19F4N3O3S/c1-28(2)7-8-29-20(30)19(33-21(29)31)11-13-3-6-18(16(23)10-13)32-17-5-4-14(12-27)9-15(17)22(24,25)26/h3-6,9-10,19H,7-8,11H2,1-2H3. The first kappa shape index (κ1) is 24.5. The second-order valence-corrected chi connectivity index (χ2v) is 8.71. The van der Waals surface area contributed by atoms with E-state index in [0.717, 1.165) is 34.9 Å². The molecule has 0 saturated carbocycles. The van der Waals surface area contributed by atoms with Crippen molar-refractivity contribution < 1.29 is 31.9 Å². The number of rotatable bonds is 7. The van der Waals surface area contributed by atoms with Crippen molar-refractivity contribution in [2.45, 2.75) is 17.8 Å². The fraction of sp³-hybridized carbons (Fsp3) is 0.318. The molecule has 0 aromatic heterocycles. The SMILES string of the molecule is CN(C)CCN1C(=O)SC(Cc2ccc(Oc3ccc(C#N)cc3C(F)(F)F)c(F)c2)C1=O. The Hall–Kier alpha value is -3.10. The van der Waals surface area contributed by atoms with Gasteiger partial charge in [0.2, 0.25) is 5.91 Å². The zero-order chi connectivity index (χ0) is 24.3. The summed E-state index contributed by atoms with van der Waals surface area (Å²) in [7, 11) is 3.63. The minimum Gasteiger partial charge on any atom is -0.454 e. The van der Waals surface area contributed by atoms with Crippen LogP contribution in [0.25, 0.3) is 0 Å². The van der Waals surface area contributed by atoms with Crippen LogP contribution in [-0.4, -0.2) is 53.4 Å². The van der Waals surface area contributed by atoms with Crippen molar-refractivity contribution >= 4 is 22.9 Å². The van der Waals surface area contributed by atoms with Crippen LogP contribution in [0, 0.1) is 17.1 Å². The maximum absolute atomic E-state index is 14.6. The number of nitriles is 1. The Balaban J connectivity index is 1.75. The first-order valence-electron chi connectivity index (χ1n) is 9.74. The van der Waals surface area contributed by atoms with E-state index >= 15 is 0 Å². The van der Waals surface area contributed by atoms with Crippen LogP contribution >= 0.6 is 11.8 Å². The van der Waals surface area contributed by atoms with Crippen molar-refractivity contribution in [2.24, 2.45) is 0 Å². The Morgan fingerprint density at radius 2 is 1.85 bits per heavy atom. The summed E-state index contributed by atoms with van der Waals surface area (Å²) < 4.78 is 59.7. The lowest BCUT2D eigenvalue weighted by atomic mass is 10.1. The van der Waals surface area contributed by atoms with E-state index in [9.17, 15) is 27.2 Å². The number of amides is 2. The molecule has 0 spiro atoms. The number of carbonyl (C=O) groups excluding carboxylic acids is 2. The van der Waals surface area contributed by atoms with Crippen molar-refractivity contribution in [1.29, 1.82) is 5.26 Å². The molecule has 1 aliphatic heterocycles. The third kappa shape index (κ3) is 5.83. The molecule has 2 aromatic rings. The fourth-order valence-electron chi connectivity index (χ4n) is 3.13. The van der Waals surface area contributed by atoms with Gasteiger partial charge in [-0.2, -0.15) is 18.4 Å². The number of ether oxygens (including phenoxy) is 1. The van der Waals surface area contributed by atoms with E-state index in [4.69, 9.17) is 10.00 Å². The topological polar surface area (TPSA) is 73.6 Å². The highest BCUT2D eigenvalue weighted by molar-refractivity contribution is 8.15. The van der Waals surface area contributed by atoms with Gasteiger partial charge in [0.25, 0.3) is 5.24 Å². The maximum Gasteiger partial charge on any atom is 0.420 e. The summed E-state index contributed by atoms with van der Waals surface area (Å²) in [5, 5.41) is 7.76. The normalized spacial score (nSPS) is 16.4. The molecule has 0 bridgehead atoms. The van der Waals surface area contributed by atoms with E-state index in [2.05, 4.69) is 0 Å². The summed E-state index contributed by atoms with van der Waals surface area (Å²) in [6.45, 7) is 0.766. The van der Waals surface area contributed by atoms with Crippen LogP contribution in [0.1, 0.15) is 16.7 Å². The molecular formula is C22H19F4N3O3S. The van der Waals surface area contributed by atoms with E-state index in [-0.39, 0.29) is 29.7 Å². The molecule has 11 heteroatoms. The van der Waals surface area contributed by atoms with Crippen molar-refractivity contribution in [3.05, 3.63) is 58.9 Å². The Bertz CT molecular complexity index is 1120. The van der Waals surface area contributed by atoms with Crippen LogP contribution in [0.3, 0.4) is 0 Å². The number of hydrogen-bond acceptors (Lipinski definition) is 6. The monoisotopic (exact) mass is 481 g/mol.